The second-order valence-corrected chi connectivity index (χ2v) is 4.15. The van der Waals surface area contributed by atoms with Gasteiger partial charge in [-0.2, -0.15) is 0 Å². The molecule has 1 heterocycles. The van der Waals surface area contributed by atoms with Gasteiger partial charge in [0.15, 0.2) is 5.03 Å². The lowest BCUT2D eigenvalue weighted by Gasteiger charge is -2.18. The third-order valence-electron chi connectivity index (χ3n) is 2.13. The van der Waals surface area contributed by atoms with Crippen molar-refractivity contribution in [2.24, 2.45) is 4.99 Å². The topological polar surface area (TPSA) is 74.9 Å². The molecule has 0 bridgehead atoms. The lowest BCUT2D eigenvalue weighted by atomic mass is 10.3. The molecule has 0 saturated heterocycles. The maximum absolute atomic E-state index is 10.7. The Bertz CT molecular complexity index is 446. The molecule has 8 heteroatoms. The Morgan fingerprint density at radius 1 is 1.50 bits per heavy atom. The molecule has 0 amide bonds. The van der Waals surface area contributed by atoms with E-state index in [9.17, 15) is 10.1 Å². The van der Waals surface area contributed by atoms with Crippen LogP contribution in [0.3, 0.4) is 0 Å². The van der Waals surface area contributed by atoms with E-state index in [0.717, 1.165) is 10.6 Å². The Kier molecular flexibility index (Phi) is 4.85. The highest BCUT2D eigenvalue weighted by molar-refractivity contribution is 6.29. The third kappa shape index (κ3) is 3.85. The monoisotopic (exact) mass is 271 g/mol. The lowest BCUT2D eigenvalue weighted by molar-refractivity contribution is -0.624. The molecule has 1 aromatic heterocycles. The summed E-state index contributed by atoms with van der Waals surface area (Å²) in [5.41, 5.74) is 0.829. The van der Waals surface area contributed by atoms with Crippen molar-refractivity contribution >= 4 is 17.6 Å². The van der Waals surface area contributed by atoms with Gasteiger partial charge in [-0.25, -0.2) is 20.1 Å². The predicted octanol–water partition coefficient (Wildman–Crippen LogP) is 1.28. The number of hydrazine groups is 1. The van der Waals surface area contributed by atoms with Crippen LogP contribution in [0.25, 0.3) is 0 Å². The van der Waals surface area contributed by atoms with Gasteiger partial charge in [0.05, 0.1) is 13.6 Å². The van der Waals surface area contributed by atoms with Crippen molar-refractivity contribution in [3.05, 3.63) is 39.2 Å². The van der Waals surface area contributed by atoms with E-state index in [2.05, 4.69) is 9.98 Å². The zero-order valence-electron chi connectivity index (χ0n) is 10.4. The number of rotatable bonds is 3. The van der Waals surface area contributed by atoms with Gasteiger partial charge in [-0.05, 0) is 11.6 Å². The van der Waals surface area contributed by atoms with E-state index in [4.69, 9.17) is 11.6 Å². The molecule has 18 heavy (non-hydrogen) atoms. The van der Waals surface area contributed by atoms with Crippen LogP contribution in [0, 0.1) is 10.1 Å². The van der Waals surface area contributed by atoms with Crippen molar-refractivity contribution in [3.63, 3.8) is 0 Å². The summed E-state index contributed by atoms with van der Waals surface area (Å²) in [6.07, 6.45) is 1.59. The Hall–Kier alpha value is -1.89. The highest BCUT2D eigenvalue weighted by Gasteiger charge is 2.17. The molecule has 0 fully saturated rings. The number of nitro groups is 1. The summed E-state index contributed by atoms with van der Waals surface area (Å²) in [5, 5.41) is 11.4. The minimum atomic E-state index is -0.529. The lowest BCUT2D eigenvalue weighted by Crippen LogP contribution is -2.41. The van der Waals surface area contributed by atoms with Crippen LogP contribution < -0.4 is 0 Å². The van der Waals surface area contributed by atoms with Gasteiger partial charge in [-0.15, -0.1) is 0 Å². The maximum atomic E-state index is 10.7. The molecule has 0 saturated carbocycles. The number of nitrogens with zero attached hydrogens (tertiary/aromatic N) is 5. The largest absolute Gasteiger partial charge is 0.344 e. The van der Waals surface area contributed by atoms with Crippen LogP contribution in [0.2, 0.25) is 5.15 Å². The number of pyridine rings is 1. The number of halogens is 1. The molecule has 98 valence electrons. The van der Waals surface area contributed by atoms with Crippen molar-refractivity contribution in [1.82, 2.24) is 14.9 Å². The Labute approximate surface area is 110 Å². The number of hydrogen-bond donors (Lipinski definition) is 0. The first kappa shape index (κ1) is 14.2. The predicted molar refractivity (Wildman–Crippen MR) is 68.8 cm³/mol. The summed E-state index contributed by atoms with van der Waals surface area (Å²) in [5.74, 6) is 0.259. The second-order valence-electron chi connectivity index (χ2n) is 3.76. The fraction of sp³-hybridized carbons (Fsp3) is 0.400. The zero-order chi connectivity index (χ0) is 13.7. The fourth-order valence-corrected chi connectivity index (χ4v) is 1.38. The van der Waals surface area contributed by atoms with E-state index in [1.54, 1.807) is 37.3 Å². The van der Waals surface area contributed by atoms with Crippen LogP contribution in [0.1, 0.15) is 5.56 Å². The molecule has 0 aromatic carbocycles. The standard InChI is InChI=1S/C10H14ClN5O2/c1-14(2)10(15(3)16(17)18)13-7-8-4-5-9(11)12-6-8/h4-6H,7H2,1-3H3. The van der Waals surface area contributed by atoms with Gasteiger partial charge in [0.25, 0.3) is 5.96 Å². The van der Waals surface area contributed by atoms with Crippen molar-refractivity contribution < 1.29 is 5.03 Å². The normalized spacial score (nSPS) is 11.2. The minimum absolute atomic E-state index is 0.259. The summed E-state index contributed by atoms with van der Waals surface area (Å²) < 4.78 is 0. The first-order valence-electron chi connectivity index (χ1n) is 5.12. The average molecular weight is 272 g/mol. The van der Waals surface area contributed by atoms with Crippen LogP contribution in [0.5, 0.6) is 0 Å². The molecule has 7 nitrogen and oxygen atoms in total. The van der Waals surface area contributed by atoms with Crippen molar-refractivity contribution in [2.75, 3.05) is 21.1 Å². The zero-order valence-corrected chi connectivity index (χ0v) is 11.1. The number of aliphatic imine (C=N–C) groups is 1. The second kappa shape index (κ2) is 6.15. The molecule has 1 aromatic rings. The summed E-state index contributed by atoms with van der Waals surface area (Å²) >= 11 is 5.66. The Balaban J connectivity index is 2.84. The fourth-order valence-electron chi connectivity index (χ4n) is 1.27. The third-order valence-corrected chi connectivity index (χ3v) is 2.35. The van der Waals surface area contributed by atoms with Gasteiger partial charge in [0.1, 0.15) is 5.15 Å². The van der Waals surface area contributed by atoms with Crippen molar-refractivity contribution in [2.45, 2.75) is 6.54 Å². The molecule has 0 spiro atoms. The molecule has 0 N–H and O–H groups in total. The minimum Gasteiger partial charge on any atom is -0.344 e. The van der Waals surface area contributed by atoms with Gasteiger partial charge in [-0.1, -0.05) is 22.7 Å². The molecular weight excluding hydrogens is 258 g/mol. The first-order valence-corrected chi connectivity index (χ1v) is 5.50. The molecule has 0 radical (unpaired) electrons. The SMILES string of the molecule is CN(C)C(=NCc1ccc(Cl)nc1)N(C)[N+](=O)[O-]. The van der Waals surface area contributed by atoms with Crippen LogP contribution in [-0.2, 0) is 6.54 Å². The maximum Gasteiger partial charge on any atom is 0.259 e. The van der Waals surface area contributed by atoms with E-state index in [1.165, 1.54) is 7.05 Å². The molecule has 0 aliphatic rings. The summed E-state index contributed by atoms with van der Waals surface area (Å²) in [6.45, 7) is 0.301. The van der Waals surface area contributed by atoms with E-state index in [0.29, 0.717) is 11.7 Å². The van der Waals surface area contributed by atoms with E-state index in [1.807, 2.05) is 0 Å². The van der Waals surface area contributed by atoms with Crippen LogP contribution in [-0.4, -0.2) is 47.0 Å². The molecular formula is C10H14ClN5O2. The molecule has 0 aliphatic heterocycles. The Morgan fingerprint density at radius 3 is 2.61 bits per heavy atom. The highest BCUT2D eigenvalue weighted by Crippen LogP contribution is 2.07. The molecule has 0 atom stereocenters. The molecule has 0 aliphatic carbocycles. The van der Waals surface area contributed by atoms with Crippen LogP contribution in [0.15, 0.2) is 23.3 Å². The number of guanidine groups is 1. The number of hydrogen-bond acceptors (Lipinski definition) is 4. The smallest absolute Gasteiger partial charge is 0.259 e. The summed E-state index contributed by atoms with van der Waals surface area (Å²) in [4.78, 5) is 20.4. The van der Waals surface area contributed by atoms with Gasteiger partial charge in [0.2, 0.25) is 0 Å². The first-order chi connectivity index (χ1) is 8.41. The Morgan fingerprint density at radius 2 is 2.17 bits per heavy atom. The van der Waals surface area contributed by atoms with Crippen molar-refractivity contribution in [3.8, 4) is 0 Å². The molecule has 0 unspecified atom stereocenters. The van der Waals surface area contributed by atoms with Crippen LogP contribution in [0.4, 0.5) is 0 Å². The van der Waals surface area contributed by atoms with Crippen LogP contribution >= 0.6 is 11.6 Å². The van der Waals surface area contributed by atoms with Gasteiger partial charge in [-0.3, -0.25) is 0 Å². The van der Waals surface area contributed by atoms with E-state index >= 15 is 0 Å². The van der Waals surface area contributed by atoms with E-state index < -0.39 is 5.03 Å². The quantitative estimate of drug-likeness (QED) is 0.272. The summed E-state index contributed by atoms with van der Waals surface area (Å²) in [6, 6.07) is 3.43. The van der Waals surface area contributed by atoms with Gasteiger partial charge < -0.3 is 4.90 Å². The van der Waals surface area contributed by atoms with Crippen molar-refractivity contribution in [1.29, 1.82) is 0 Å². The number of aromatic nitrogens is 1. The average Bonchev–Trinajstić information content (AvgIpc) is 2.31. The summed E-state index contributed by atoms with van der Waals surface area (Å²) in [7, 11) is 4.73. The highest BCUT2D eigenvalue weighted by atomic mass is 35.5. The van der Waals surface area contributed by atoms with E-state index in [-0.39, 0.29) is 5.96 Å². The van der Waals surface area contributed by atoms with Gasteiger partial charge in [0, 0.05) is 20.3 Å². The molecule has 1 rings (SSSR count). The van der Waals surface area contributed by atoms with Gasteiger partial charge >= 0.3 is 0 Å².